The summed E-state index contributed by atoms with van der Waals surface area (Å²) in [5, 5.41) is 0. The van der Waals surface area contributed by atoms with Gasteiger partial charge in [0.05, 0.1) is 13.2 Å². The molecule has 0 saturated carbocycles. The van der Waals surface area contributed by atoms with Crippen molar-refractivity contribution in [2.24, 2.45) is 0 Å². The Morgan fingerprint density at radius 2 is 1.88 bits per heavy atom. The predicted molar refractivity (Wildman–Crippen MR) is 135 cm³/mol. The summed E-state index contributed by atoms with van der Waals surface area (Å²) in [6.07, 6.45) is 3.70. The SMILES string of the molecule is C=C(C)C[C@]1(c2ccccc2)CCCN([C@@H](C)c2ccc(-c3ccnc(OC)c3)cc2)C(=O)O1. The van der Waals surface area contributed by atoms with Crippen LogP contribution in [0.2, 0.25) is 0 Å². The van der Waals surface area contributed by atoms with Gasteiger partial charge in [0, 0.05) is 25.2 Å². The molecule has 0 N–H and O–H groups in total. The number of hydrogen-bond acceptors (Lipinski definition) is 4. The summed E-state index contributed by atoms with van der Waals surface area (Å²) in [6.45, 7) is 8.80. The fourth-order valence-electron chi connectivity index (χ4n) is 4.75. The highest BCUT2D eigenvalue weighted by atomic mass is 16.6. The van der Waals surface area contributed by atoms with E-state index in [2.05, 4.69) is 42.8 Å². The fourth-order valence-corrected chi connectivity index (χ4v) is 4.75. The Bertz CT molecular complexity index is 1140. The first kappa shape index (κ1) is 23.6. The number of benzene rings is 2. The van der Waals surface area contributed by atoms with Crippen LogP contribution in [0.25, 0.3) is 11.1 Å². The molecule has 34 heavy (non-hydrogen) atoms. The van der Waals surface area contributed by atoms with Gasteiger partial charge in [-0.1, -0.05) is 66.7 Å². The number of rotatable bonds is 7. The zero-order chi connectivity index (χ0) is 24.1. The van der Waals surface area contributed by atoms with Gasteiger partial charge in [-0.05, 0) is 55.0 Å². The maximum atomic E-state index is 13.4. The standard InChI is InChI=1S/C29H32N2O3/c1-21(2)20-29(26-9-6-5-7-10-26)16-8-18-31(28(32)34-29)22(3)23-11-13-24(14-12-23)25-15-17-30-27(19-25)33-4/h5-7,9-15,17,19,22H,1,8,16,18,20H2,2-4H3/t22-,29-/m0/s1. The second-order valence-electron chi connectivity index (χ2n) is 9.04. The van der Waals surface area contributed by atoms with Crippen molar-refractivity contribution in [2.45, 2.75) is 44.8 Å². The molecule has 0 radical (unpaired) electrons. The summed E-state index contributed by atoms with van der Waals surface area (Å²) >= 11 is 0. The van der Waals surface area contributed by atoms with Crippen LogP contribution >= 0.6 is 0 Å². The van der Waals surface area contributed by atoms with Crippen LogP contribution in [0.5, 0.6) is 5.88 Å². The first-order valence-corrected chi connectivity index (χ1v) is 11.7. The van der Waals surface area contributed by atoms with Crippen molar-refractivity contribution in [3.8, 4) is 17.0 Å². The number of cyclic esters (lactones) is 1. The molecular formula is C29H32N2O3. The fraction of sp³-hybridized carbons (Fsp3) is 0.310. The summed E-state index contributed by atoms with van der Waals surface area (Å²) < 4.78 is 11.5. The van der Waals surface area contributed by atoms with Crippen molar-refractivity contribution in [3.05, 3.63) is 96.2 Å². The average molecular weight is 457 g/mol. The van der Waals surface area contributed by atoms with E-state index in [4.69, 9.17) is 9.47 Å². The Morgan fingerprint density at radius 1 is 1.15 bits per heavy atom. The molecule has 1 saturated heterocycles. The first-order chi connectivity index (χ1) is 16.4. The molecule has 1 fully saturated rings. The number of ether oxygens (including phenoxy) is 2. The van der Waals surface area contributed by atoms with Gasteiger partial charge in [0.2, 0.25) is 5.88 Å². The Hall–Kier alpha value is -3.60. The summed E-state index contributed by atoms with van der Waals surface area (Å²) in [4.78, 5) is 19.4. The second-order valence-corrected chi connectivity index (χ2v) is 9.04. The van der Waals surface area contributed by atoms with Gasteiger partial charge in [0.15, 0.2) is 0 Å². The molecule has 5 nitrogen and oxygen atoms in total. The second kappa shape index (κ2) is 10.1. The van der Waals surface area contributed by atoms with Gasteiger partial charge >= 0.3 is 6.09 Å². The highest BCUT2D eigenvalue weighted by Crippen LogP contribution is 2.40. The summed E-state index contributed by atoms with van der Waals surface area (Å²) in [7, 11) is 1.61. The third-order valence-corrected chi connectivity index (χ3v) is 6.52. The van der Waals surface area contributed by atoms with Crippen molar-refractivity contribution < 1.29 is 14.3 Å². The Labute approximate surface area is 202 Å². The van der Waals surface area contributed by atoms with Crippen LogP contribution in [0.1, 0.15) is 50.3 Å². The minimum Gasteiger partial charge on any atom is -0.481 e. The van der Waals surface area contributed by atoms with Crippen LogP contribution in [-0.4, -0.2) is 29.6 Å². The van der Waals surface area contributed by atoms with Crippen LogP contribution in [0, 0.1) is 0 Å². The van der Waals surface area contributed by atoms with Gasteiger partial charge in [-0.3, -0.25) is 0 Å². The summed E-state index contributed by atoms with van der Waals surface area (Å²) in [5.74, 6) is 0.582. The normalized spacial score (nSPS) is 19.1. The number of carbonyl (C=O) groups is 1. The van der Waals surface area contributed by atoms with Gasteiger partial charge in [0.25, 0.3) is 0 Å². The minimum absolute atomic E-state index is 0.107. The van der Waals surface area contributed by atoms with E-state index in [1.165, 1.54) is 0 Å². The number of carbonyl (C=O) groups excluding carboxylic acids is 1. The summed E-state index contributed by atoms with van der Waals surface area (Å²) in [5.41, 5.74) is 4.52. The minimum atomic E-state index is -0.678. The van der Waals surface area contributed by atoms with Gasteiger partial charge in [-0.15, -0.1) is 0 Å². The van der Waals surface area contributed by atoms with Crippen LogP contribution in [0.4, 0.5) is 4.79 Å². The number of nitrogens with zero attached hydrogens (tertiary/aromatic N) is 2. The summed E-state index contributed by atoms with van der Waals surface area (Å²) in [6, 6.07) is 22.1. The van der Waals surface area contributed by atoms with Crippen molar-refractivity contribution in [1.29, 1.82) is 0 Å². The van der Waals surface area contributed by atoms with E-state index in [1.54, 1.807) is 13.3 Å². The molecule has 5 heteroatoms. The smallest absolute Gasteiger partial charge is 0.411 e. The third kappa shape index (κ3) is 4.98. The molecule has 2 heterocycles. The van der Waals surface area contributed by atoms with Crippen molar-refractivity contribution in [1.82, 2.24) is 9.88 Å². The molecule has 2 aromatic carbocycles. The predicted octanol–water partition coefficient (Wildman–Crippen LogP) is 6.91. The number of hydrogen-bond donors (Lipinski definition) is 0. The topological polar surface area (TPSA) is 51.7 Å². The van der Waals surface area contributed by atoms with E-state index in [1.807, 2.05) is 54.3 Å². The molecular weight excluding hydrogens is 424 g/mol. The monoisotopic (exact) mass is 456 g/mol. The Morgan fingerprint density at radius 3 is 2.56 bits per heavy atom. The van der Waals surface area contributed by atoms with Crippen LogP contribution in [0.15, 0.2) is 85.1 Å². The lowest BCUT2D eigenvalue weighted by molar-refractivity contribution is -0.00803. The third-order valence-electron chi connectivity index (χ3n) is 6.52. The largest absolute Gasteiger partial charge is 0.481 e. The molecule has 3 aromatic rings. The Balaban J connectivity index is 1.55. The van der Waals surface area contributed by atoms with Crippen molar-refractivity contribution in [2.75, 3.05) is 13.7 Å². The van der Waals surface area contributed by atoms with Gasteiger partial charge in [-0.25, -0.2) is 9.78 Å². The number of pyridine rings is 1. The maximum Gasteiger partial charge on any atom is 0.411 e. The van der Waals surface area contributed by atoms with Crippen LogP contribution in [0.3, 0.4) is 0 Å². The van der Waals surface area contributed by atoms with Gasteiger partial charge < -0.3 is 14.4 Å². The van der Waals surface area contributed by atoms with E-state index in [-0.39, 0.29) is 12.1 Å². The molecule has 0 unspecified atom stereocenters. The number of methoxy groups -OCH3 is 1. The van der Waals surface area contributed by atoms with Crippen molar-refractivity contribution >= 4 is 6.09 Å². The molecule has 1 aliphatic heterocycles. The molecule has 4 rings (SSSR count). The van der Waals surface area contributed by atoms with E-state index in [0.717, 1.165) is 40.7 Å². The molecule has 176 valence electrons. The lowest BCUT2D eigenvalue weighted by Crippen LogP contribution is -2.37. The Kier molecular flexibility index (Phi) is 7.01. The lowest BCUT2D eigenvalue weighted by Gasteiger charge is -2.34. The van der Waals surface area contributed by atoms with Crippen LogP contribution < -0.4 is 4.74 Å². The van der Waals surface area contributed by atoms with Crippen LogP contribution in [-0.2, 0) is 10.3 Å². The lowest BCUT2D eigenvalue weighted by atomic mass is 9.84. The molecule has 0 spiro atoms. The molecule has 1 aromatic heterocycles. The quantitative estimate of drug-likeness (QED) is 0.362. The molecule has 2 atom stereocenters. The molecule has 1 aliphatic rings. The van der Waals surface area contributed by atoms with E-state index < -0.39 is 5.60 Å². The highest BCUT2D eigenvalue weighted by Gasteiger charge is 2.41. The highest BCUT2D eigenvalue weighted by molar-refractivity contribution is 5.70. The molecule has 0 aliphatic carbocycles. The average Bonchev–Trinajstić information content (AvgIpc) is 3.02. The zero-order valence-electron chi connectivity index (χ0n) is 20.2. The zero-order valence-corrected chi connectivity index (χ0v) is 20.2. The van der Waals surface area contributed by atoms with E-state index >= 15 is 0 Å². The number of amides is 1. The first-order valence-electron chi connectivity index (χ1n) is 11.7. The van der Waals surface area contributed by atoms with Crippen molar-refractivity contribution in [3.63, 3.8) is 0 Å². The molecule has 0 bridgehead atoms. The van der Waals surface area contributed by atoms with E-state index in [0.29, 0.717) is 18.8 Å². The number of aromatic nitrogens is 1. The van der Waals surface area contributed by atoms with Gasteiger partial charge in [0.1, 0.15) is 5.60 Å². The molecule has 1 amide bonds. The maximum absolute atomic E-state index is 13.4. The van der Waals surface area contributed by atoms with Gasteiger partial charge in [-0.2, -0.15) is 0 Å². The van der Waals surface area contributed by atoms with E-state index in [9.17, 15) is 4.79 Å².